The highest BCUT2D eigenvalue weighted by molar-refractivity contribution is 7.90. The van der Waals surface area contributed by atoms with E-state index in [9.17, 15) is 13.2 Å². The first kappa shape index (κ1) is 20.4. The van der Waals surface area contributed by atoms with E-state index in [1.54, 1.807) is 13.0 Å². The predicted octanol–water partition coefficient (Wildman–Crippen LogP) is 3.70. The first-order valence-electron chi connectivity index (χ1n) is 9.05. The van der Waals surface area contributed by atoms with E-state index in [2.05, 4.69) is 4.72 Å². The largest absolute Gasteiger partial charge is 0.341 e. The Kier molecular flexibility index (Phi) is 5.57. The van der Waals surface area contributed by atoms with Crippen LogP contribution in [0.15, 0.2) is 65.6 Å². The highest BCUT2D eigenvalue weighted by atomic mass is 32.2. The van der Waals surface area contributed by atoms with E-state index in [1.165, 1.54) is 24.3 Å². The molecule has 0 aliphatic rings. The van der Waals surface area contributed by atoms with Crippen molar-refractivity contribution in [1.82, 2.24) is 9.29 Å². The number of sulfonamides is 1. The normalized spacial score (nSPS) is 12.2. The fraction of sp³-hybridized carbons (Fsp3) is 0.182. The molecule has 1 heterocycles. The minimum absolute atomic E-state index is 0.00659. The van der Waals surface area contributed by atoms with E-state index >= 15 is 0 Å². The lowest BCUT2D eigenvalue weighted by atomic mass is 10.1. The zero-order valence-electron chi connectivity index (χ0n) is 16.4. The number of rotatable bonds is 5. The summed E-state index contributed by atoms with van der Waals surface area (Å²) in [6.45, 7) is 5.72. The van der Waals surface area contributed by atoms with E-state index in [0.717, 1.165) is 11.3 Å². The molecule has 0 radical (unpaired) electrons. The van der Waals surface area contributed by atoms with Gasteiger partial charge in [0.25, 0.3) is 15.9 Å². The predicted molar refractivity (Wildman–Crippen MR) is 110 cm³/mol. The van der Waals surface area contributed by atoms with E-state index in [1.807, 2.05) is 54.8 Å². The fourth-order valence-electron chi connectivity index (χ4n) is 3.43. The Balaban J connectivity index is 1.89. The molecule has 2 aromatic carbocycles. The van der Waals surface area contributed by atoms with Crippen LogP contribution in [0.5, 0.6) is 0 Å². The van der Waals surface area contributed by atoms with Crippen molar-refractivity contribution in [2.45, 2.75) is 31.7 Å². The standard InChI is InChI=1S/C22H21N3O3S/c1-15-13-21(17(3)25(15)16(2)19-7-5-4-6-8-19)22(26)24-29(27,28)20-11-9-18(14-23)10-12-20/h4-13,16H,1-3H3,(H,24,26). The number of carbonyl (C=O) groups excluding carboxylic acids is 1. The van der Waals surface area contributed by atoms with Crippen LogP contribution in [-0.4, -0.2) is 18.9 Å². The van der Waals surface area contributed by atoms with Crippen molar-refractivity contribution in [2.24, 2.45) is 0 Å². The van der Waals surface area contributed by atoms with Gasteiger partial charge in [0.2, 0.25) is 0 Å². The third-order valence-corrected chi connectivity index (χ3v) is 6.27. The number of hydrogen-bond acceptors (Lipinski definition) is 4. The minimum Gasteiger partial charge on any atom is -0.341 e. The molecule has 0 fully saturated rings. The van der Waals surface area contributed by atoms with Gasteiger partial charge in [-0.1, -0.05) is 30.3 Å². The molecule has 1 aromatic heterocycles. The van der Waals surface area contributed by atoms with Crippen LogP contribution in [0.25, 0.3) is 0 Å². The maximum atomic E-state index is 12.7. The van der Waals surface area contributed by atoms with Crippen LogP contribution in [0.3, 0.4) is 0 Å². The van der Waals surface area contributed by atoms with Gasteiger partial charge in [-0.15, -0.1) is 0 Å². The van der Waals surface area contributed by atoms with Gasteiger partial charge >= 0.3 is 0 Å². The van der Waals surface area contributed by atoms with Gasteiger partial charge in [0.05, 0.1) is 28.1 Å². The number of benzene rings is 2. The SMILES string of the molecule is Cc1cc(C(=O)NS(=O)(=O)c2ccc(C#N)cc2)c(C)n1C(C)c1ccccc1. The number of carbonyl (C=O) groups is 1. The summed E-state index contributed by atoms with van der Waals surface area (Å²) in [4.78, 5) is 12.7. The Morgan fingerprint density at radius 2 is 1.69 bits per heavy atom. The van der Waals surface area contributed by atoms with E-state index in [-0.39, 0.29) is 10.9 Å². The maximum Gasteiger partial charge on any atom is 0.266 e. The van der Waals surface area contributed by atoms with Gasteiger partial charge in [-0.25, -0.2) is 13.1 Å². The minimum atomic E-state index is -4.04. The van der Waals surface area contributed by atoms with Crippen LogP contribution in [0.4, 0.5) is 0 Å². The molecule has 1 unspecified atom stereocenters. The lowest BCUT2D eigenvalue weighted by Crippen LogP contribution is -2.31. The van der Waals surface area contributed by atoms with E-state index in [4.69, 9.17) is 5.26 Å². The first-order chi connectivity index (χ1) is 13.7. The summed E-state index contributed by atoms with van der Waals surface area (Å²) in [5, 5.41) is 8.84. The smallest absolute Gasteiger partial charge is 0.266 e. The van der Waals surface area contributed by atoms with Crippen LogP contribution in [-0.2, 0) is 10.0 Å². The van der Waals surface area contributed by atoms with Crippen LogP contribution in [0.2, 0.25) is 0 Å². The Hall–Kier alpha value is -3.37. The summed E-state index contributed by atoms with van der Waals surface area (Å²) in [7, 11) is -4.04. The molecule has 7 heteroatoms. The van der Waals surface area contributed by atoms with Crippen LogP contribution in [0, 0.1) is 25.2 Å². The second-order valence-electron chi connectivity index (χ2n) is 6.81. The van der Waals surface area contributed by atoms with Gasteiger partial charge in [-0.2, -0.15) is 5.26 Å². The molecule has 0 spiro atoms. The van der Waals surface area contributed by atoms with Crippen molar-refractivity contribution in [3.05, 3.63) is 88.7 Å². The lowest BCUT2D eigenvalue weighted by molar-refractivity contribution is 0.0980. The molecule has 0 aliphatic carbocycles. The van der Waals surface area contributed by atoms with E-state index in [0.29, 0.717) is 16.8 Å². The molecule has 29 heavy (non-hydrogen) atoms. The van der Waals surface area contributed by atoms with Crippen molar-refractivity contribution in [1.29, 1.82) is 5.26 Å². The van der Waals surface area contributed by atoms with Gasteiger partial charge in [0, 0.05) is 11.4 Å². The third kappa shape index (κ3) is 4.08. The monoisotopic (exact) mass is 407 g/mol. The number of aryl methyl sites for hydroxylation is 1. The van der Waals surface area contributed by atoms with Crippen molar-refractivity contribution in [3.63, 3.8) is 0 Å². The molecule has 1 amide bonds. The van der Waals surface area contributed by atoms with Gasteiger partial charge in [0.15, 0.2) is 0 Å². The first-order valence-corrected chi connectivity index (χ1v) is 10.5. The summed E-state index contributed by atoms with van der Waals surface area (Å²) in [6.07, 6.45) is 0. The number of nitrogens with zero attached hydrogens (tertiary/aromatic N) is 2. The van der Waals surface area contributed by atoms with E-state index < -0.39 is 15.9 Å². The van der Waals surface area contributed by atoms with Crippen molar-refractivity contribution < 1.29 is 13.2 Å². The van der Waals surface area contributed by atoms with Gasteiger partial charge in [-0.3, -0.25) is 4.79 Å². The van der Waals surface area contributed by atoms with Gasteiger partial charge < -0.3 is 4.57 Å². The highest BCUT2D eigenvalue weighted by Crippen LogP contribution is 2.25. The Bertz CT molecular complexity index is 1190. The number of nitriles is 1. The van der Waals surface area contributed by atoms with Crippen molar-refractivity contribution in [3.8, 4) is 6.07 Å². The van der Waals surface area contributed by atoms with Gasteiger partial charge in [-0.05, 0) is 56.7 Å². The average molecular weight is 407 g/mol. The molecule has 1 atom stereocenters. The number of aromatic nitrogens is 1. The van der Waals surface area contributed by atoms with Gasteiger partial charge in [0.1, 0.15) is 0 Å². The fourth-order valence-corrected chi connectivity index (χ4v) is 4.39. The van der Waals surface area contributed by atoms with Crippen molar-refractivity contribution >= 4 is 15.9 Å². The summed E-state index contributed by atoms with van der Waals surface area (Å²) >= 11 is 0. The molecule has 1 N–H and O–H groups in total. The summed E-state index contributed by atoms with van der Waals surface area (Å²) in [5.74, 6) is -0.686. The summed E-state index contributed by atoms with van der Waals surface area (Å²) in [5.41, 5.74) is 3.29. The molecule has 0 saturated carbocycles. The zero-order chi connectivity index (χ0) is 21.2. The topological polar surface area (TPSA) is 92.0 Å². The molecule has 0 saturated heterocycles. The molecule has 3 aromatic rings. The Labute approximate surface area is 170 Å². The lowest BCUT2D eigenvalue weighted by Gasteiger charge is -2.19. The number of nitrogens with one attached hydrogen (secondary N) is 1. The Morgan fingerprint density at radius 3 is 2.28 bits per heavy atom. The molecule has 3 rings (SSSR count). The number of amides is 1. The quantitative estimate of drug-likeness (QED) is 0.698. The second-order valence-corrected chi connectivity index (χ2v) is 8.49. The molecule has 6 nitrogen and oxygen atoms in total. The molecule has 0 bridgehead atoms. The van der Waals surface area contributed by atoms with Crippen molar-refractivity contribution in [2.75, 3.05) is 0 Å². The summed E-state index contributed by atoms with van der Waals surface area (Å²) in [6, 6.07) is 18.9. The second kappa shape index (κ2) is 7.94. The Morgan fingerprint density at radius 1 is 1.07 bits per heavy atom. The zero-order valence-corrected chi connectivity index (χ0v) is 17.2. The number of hydrogen-bond donors (Lipinski definition) is 1. The van der Waals surface area contributed by atoms with Crippen LogP contribution >= 0.6 is 0 Å². The molecule has 148 valence electrons. The molecular weight excluding hydrogens is 386 g/mol. The summed E-state index contributed by atoms with van der Waals surface area (Å²) < 4.78 is 29.2. The average Bonchev–Trinajstić information content (AvgIpc) is 3.02. The maximum absolute atomic E-state index is 12.7. The highest BCUT2D eigenvalue weighted by Gasteiger charge is 2.24. The third-order valence-electron chi connectivity index (χ3n) is 4.92. The molecular formula is C22H21N3O3S. The van der Waals surface area contributed by atoms with Crippen LogP contribution in [0.1, 0.15) is 45.8 Å². The van der Waals surface area contributed by atoms with Crippen LogP contribution < -0.4 is 4.72 Å². The molecule has 0 aliphatic heterocycles.